The van der Waals surface area contributed by atoms with Crippen molar-refractivity contribution in [3.63, 3.8) is 0 Å². The largest absolute Gasteiger partial charge is 0.356 e. The highest BCUT2D eigenvalue weighted by molar-refractivity contribution is 7.98. The second kappa shape index (κ2) is 10.1. The van der Waals surface area contributed by atoms with E-state index in [1.165, 1.54) is 37.4 Å². The van der Waals surface area contributed by atoms with E-state index in [1.807, 2.05) is 23.3 Å². The van der Waals surface area contributed by atoms with Crippen LogP contribution in [0.1, 0.15) is 61.7 Å². The number of carbonyl (C=O) groups is 2. The van der Waals surface area contributed by atoms with Crippen molar-refractivity contribution in [1.82, 2.24) is 15.2 Å². The van der Waals surface area contributed by atoms with Crippen molar-refractivity contribution in [3.05, 3.63) is 23.9 Å². The summed E-state index contributed by atoms with van der Waals surface area (Å²) in [5.41, 5.74) is 0.698. The number of hydrogen-bond acceptors (Lipinski definition) is 4. The van der Waals surface area contributed by atoms with Gasteiger partial charge in [-0.1, -0.05) is 25.7 Å². The summed E-state index contributed by atoms with van der Waals surface area (Å²) in [6.07, 6.45) is 12.5. The lowest BCUT2D eigenvalue weighted by Gasteiger charge is -2.32. The maximum Gasteiger partial charge on any atom is 0.256 e. The molecule has 5 nitrogen and oxygen atoms in total. The van der Waals surface area contributed by atoms with Crippen molar-refractivity contribution in [2.45, 2.75) is 56.4 Å². The molecule has 1 saturated heterocycles. The SMILES string of the molecule is CSc1ncccc1C(=O)N1CCC(CNC(=O)CCC2CCCC2)CC1. The molecule has 2 fully saturated rings. The first-order valence-corrected chi connectivity index (χ1v) is 11.4. The zero-order chi connectivity index (χ0) is 19.1. The molecular formula is C21H31N3O2S. The quantitative estimate of drug-likeness (QED) is 0.722. The molecular weight excluding hydrogens is 358 g/mol. The molecule has 1 aromatic rings. The number of carbonyl (C=O) groups excluding carboxylic acids is 2. The number of amides is 2. The van der Waals surface area contributed by atoms with Crippen LogP contribution in [0.25, 0.3) is 0 Å². The van der Waals surface area contributed by atoms with E-state index in [-0.39, 0.29) is 11.8 Å². The summed E-state index contributed by atoms with van der Waals surface area (Å²) in [6, 6.07) is 3.68. The average molecular weight is 390 g/mol. The van der Waals surface area contributed by atoms with Crippen LogP contribution in [0, 0.1) is 11.8 Å². The Morgan fingerprint density at radius 3 is 2.63 bits per heavy atom. The summed E-state index contributed by atoms with van der Waals surface area (Å²) in [7, 11) is 0. The smallest absolute Gasteiger partial charge is 0.256 e. The normalized spacial score (nSPS) is 18.6. The summed E-state index contributed by atoms with van der Waals surface area (Å²) in [5.74, 6) is 1.51. The van der Waals surface area contributed by atoms with Gasteiger partial charge in [0.25, 0.3) is 5.91 Å². The number of aromatic nitrogens is 1. The van der Waals surface area contributed by atoms with Gasteiger partial charge in [-0.25, -0.2) is 4.98 Å². The van der Waals surface area contributed by atoms with Crippen LogP contribution in [0.15, 0.2) is 23.4 Å². The van der Waals surface area contributed by atoms with Crippen LogP contribution in [-0.2, 0) is 4.79 Å². The maximum absolute atomic E-state index is 12.8. The molecule has 1 saturated carbocycles. The third-order valence-electron chi connectivity index (χ3n) is 5.94. The number of hydrogen-bond donors (Lipinski definition) is 1. The number of thioether (sulfide) groups is 1. The molecule has 1 aromatic heterocycles. The Labute approximate surface area is 166 Å². The van der Waals surface area contributed by atoms with Crippen LogP contribution in [0.4, 0.5) is 0 Å². The Morgan fingerprint density at radius 1 is 1.19 bits per heavy atom. The van der Waals surface area contributed by atoms with Crippen molar-refractivity contribution in [1.29, 1.82) is 0 Å². The minimum atomic E-state index is 0.0755. The summed E-state index contributed by atoms with van der Waals surface area (Å²) in [6.45, 7) is 2.25. The fourth-order valence-corrected chi connectivity index (χ4v) is 4.75. The molecule has 0 radical (unpaired) electrons. The molecule has 1 aliphatic heterocycles. The highest BCUT2D eigenvalue weighted by atomic mass is 32.2. The topological polar surface area (TPSA) is 62.3 Å². The van der Waals surface area contributed by atoms with Gasteiger partial charge in [-0.2, -0.15) is 0 Å². The van der Waals surface area contributed by atoms with Gasteiger partial charge in [0.05, 0.1) is 5.56 Å². The van der Waals surface area contributed by atoms with Crippen LogP contribution in [0.2, 0.25) is 0 Å². The Kier molecular flexibility index (Phi) is 7.56. The number of piperidine rings is 1. The first-order valence-electron chi connectivity index (χ1n) is 10.2. The van der Waals surface area contributed by atoms with E-state index in [1.54, 1.807) is 6.20 Å². The first kappa shape index (κ1) is 20.2. The third kappa shape index (κ3) is 5.71. The summed E-state index contributed by atoms with van der Waals surface area (Å²) in [4.78, 5) is 31.1. The van der Waals surface area contributed by atoms with Gasteiger partial charge in [-0.3, -0.25) is 9.59 Å². The molecule has 6 heteroatoms. The standard InChI is InChI=1S/C21H31N3O2S/c1-27-20-18(7-4-12-22-20)21(26)24-13-10-17(11-14-24)15-23-19(25)9-8-16-5-2-3-6-16/h4,7,12,16-17H,2-3,5-6,8-11,13-15H2,1H3,(H,23,25). The van der Waals surface area contributed by atoms with Gasteiger partial charge in [0.1, 0.15) is 5.03 Å². The van der Waals surface area contributed by atoms with Crippen LogP contribution < -0.4 is 5.32 Å². The second-order valence-corrected chi connectivity index (χ2v) is 8.58. The van der Waals surface area contributed by atoms with Crippen molar-refractivity contribution >= 4 is 23.6 Å². The fourth-order valence-electron chi connectivity index (χ4n) is 4.21. The average Bonchev–Trinajstić information content (AvgIpc) is 3.24. The molecule has 2 aliphatic rings. The molecule has 0 aromatic carbocycles. The van der Waals surface area contributed by atoms with Gasteiger partial charge in [-0.15, -0.1) is 11.8 Å². The highest BCUT2D eigenvalue weighted by Crippen LogP contribution is 2.28. The van der Waals surface area contributed by atoms with Gasteiger partial charge in [-0.05, 0) is 49.5 Å². The Balaban J connectivity index is 1.38. The fraction of sp³-hybridized carbons (Fsp3) is 0.667. The van der Waals surface area contributed by atoms with Crippen molar-refractivity contribution in [2.75, 3.05) is 25.9 Å². The Hall–Kier alpha value is -1.56. The Morgan fingerprint density at radius 2 is 1.93 bits per heavy atom. The summed E-state index contributed by atoms with van der Waals surface area (Å²) in [5, 5.41) is 3.91. The van der Waals surface area contributed by atoms with Crippen LogP contribution >= 0.6 is 11.8 Å². The van der Waals surface area contributed by atoms with Crippen molar-refractivity contribution < 1.29 is 9.59 Å². The van der Waals surface area contributed by atoms with Crippen molar-refractivity contribution in [3.8, 4) is 0 Å². The summed E-state index contributed by atoms with van der Waals surface area (Å²) < 4.78 is 0. The number of nitrogens with one attached hydrogen (secondary N) is 1. The minimum absolute atomic E-state index is 0.0755. The van der Waals surface area contributed by atoms with Crippen molar-refractivity contribution in [2.24, 2.45) is 11.8 Å². The van der Waals surface area contributed by atoms with E-state index in [0.29, 0.717) is 17.9 Å². The van der Waals surface area contributed by atoms with E-state index in [2.05, 4.69) is 10.3 Å². The molecule has 0 atom stereocenters. The molecule has 0 bridgehead atoms. The van der Waals surface area contributed by atoms with Crippen LogP contribution in [-0.4, -0.2) is 47.6 Å². The molecule has 1 N–H and O–H groups in total. The highest BCUT2D eigenvalue weighted by Gasteiger charge is 2.25. The van der Waals surface area contributed by atoms with Crippen LogP contribution in [0.5, 0.6) is 0 Å². The predicted molar refractivity (Wildman–Crippen MR) is 109 cm³/mol. The molecule has 148 valence electrons. The predicted octanol–water partition coefficient (Wildman–Crippen LogP) is 3.74. The molecule has 0 unspecified atom stereocenters. The second-order valence-electron chi connectivity index (χ2n) is 7.79. The molecule has 3 rings (SSSR count). The molecule has 1 aliphatic carbocycles. The Bertz CT molecular complexity index is 638. The van der Waals surface area contributed by atoms with Gasteiger partial charge in [0.15, 0.2) is 0 Å². The molecule has 2 heterocycles. The zero-order valence-electron chi connectivity index (χ0n) is 16.3. The number of likely N-dealkylation sites (tertiary alicyclic amines) is 1. The third-order valence-corrected chi connectivity index (χ3v) is 6.65. The summed E-state index contributed by atoms with van der Waals surface area (Å²) >= 11 is 1.51. The van der Waals surface area contributed by atoms with Gasteiger partial charge < -0.3 is 10.2 Å². The zero-order valence-corrected chi connectivity index (χ0v) is 17.1. The lowest BCUT2D eigenvalue weighted by Crippen LogP contribution is -2.41. The van der Waals surface area contributed by atoms with Gasteiger partial charge in [0, 0.05) is 32.3 Å². The first-order chi connectivity index (χ1) is 13.2. The number of nitrogens with zero attached hydrogens (tertiary/aromatic N) is 2. The van der Waals surface area contributed by atoms with E-state index >= 15 is 0 Å². The number of pyridine rings is 1. The molecule has 2 amide bonds. The van der Waals surface area contributed by atoms with Gasteiger partial charge >= 0.3 is 0 Å². The maximum atomic E-state index is 12.8. The number of rotatable bonds is 7. The van der Waals surface area contributed by atoms with Crippen LogP contribution in [0.3, 0.4) is 0 Å². The van der Waals surface area contributed by atoms with E-state index in [4.69, 9.17) is 0 Å². The lowest BCUT2D eigenvalue weighted by molar-refractivity contribution is -0.121. The molecule has 0 spiro atoms. The van der Waals surface area contributed by atoms with E-state index in [0.717, 1.165) is 49.8 Å². The monoisotopic (exact) mass is 389 g/mol. The minimum Gasteiger partial charge on any atom is -0.356 e. The van der Waals surface area contributed by atoms with Gasteiger partial charge in [0.2, 0.25) is 5.91 Å². The van der Waals surface area contributed by atoms with E-state index in [9.17, 15) is 9.59 Å². The lowest BCUT2D eigenvalue weighted by atomic mass is 9.96. The van der Waals surface area contributed by atoms with E-state index < -0.39 is 0 Å². The molecule has 27 heavy (non-hydrogen) atoms.